The molecule has 0 radical (unpaired) electrons. The van der Waals surface area contributed by atoms with Crippen LogP contribution >= 0.6 is 0 Å². The Morgan fingerprint density at radius 3 is 2.46 bits per heavy atom. The van der Waals surface area contributed by atoms with Crippen LogP contribution < -0.4 is 4.74 Å². The summed E-state index contributed by atoms with van der Waals surface area (Å²) in [6.45, 7) is 13.7. The Morgan fingerprint density at radius 1 is 1.00 bits per heavy atom. The van der Waals surface area contributed by atoms with E-state index in [9.17, 15) is 4.79 Å². The van der Waals surface area contributed by atoms with Crippen molar-refractivity contribution in [3.05, 3.63) is 64.7 Å². The van der Waals surface area contributed by atoms with Crippen LogP contribution in [0.5, 0.6) is 5.75 Å². The fourth-order valence-corrected chi connectivity index (χ4v) is 6.13. The first-order valence-electron chi connectivity index (χ1n) is 14.8. The molecule has 2 unspecified atom stereocenters. The number of piperidine rings is 2. The molecule has 0 saturated carbocycles. The van der Waals surface area contributed by atoms with E-state index in [0.29, 0.717) is 12.0 Å². The Labute approximate surface area is 225 Å². The molecule has 2 aromatic rings. The van der Waals surface area contributed by atoms with Crippen molar-refractivity contribution in [3.63, 3.8) is 0 Å². The third-order valence-corrected chi connectivity index (χ3v) is 8.75. The summed E-state index contributed by atoms with van der Waals surface area (Å²) < 4.78 is 6.08. The molecule has 37 heavy (non-hydrogen) atoms. The molecule has 2 saturated heterocycles. The molecule has 4 rings (SSSR count). The molecule has 2 heterocycles. The van der Waals surface area contributed by atoms with Gasteiger partial charge in [-0.1, -0.05) is 51.0 Å². The second kappa shape index (κ2) is 13.5. The Bertz CT molecular complexity index is 994. The zero-order chi connectivity index (χ0) is 26.2. The smallest absolute Gasteiger partial charge is 0.254 e. The van der Waals surface area contributed by atoms with Crippen LogP contribution in [0.1, 0.15) is 98.7 Å². The molecular weight excluding hydrogens is 456 g/mol. The summed E-state index contributed by atoms with van der Waals surface area (Å²) in [5, 5.41) is 0. The van der Waals surface area contributed by atoms with E-state index in [0.717, 1.165) is 81.1 Å². The molecule has 2 fully saturated rings. The second-order valence-corrected chi connectivity index (χ2v) is 11.4. The van der Waals surface area contributed by atoms with E-state index in [1.54, 1.807) is 0 Å². The zero-order valence-electron chi connectivity index (χ0n) is 23.7. The number of carbonyl (C=O) groups is 1. The number of likely N-dealkylation sites (tertiary alicyclic amines) is 2. The van der Waals surface area contributed by atoms with Crippen molar-refractivity contribution >= 4 is 5.91 Å². The number of benzene rings is 2. The molecular formula is C33H48N2O2. The highest BCUT2D eigenvalue weighted by molar-refractivity contribution is 5.96. The van der Waals surface area contributed by atoms with Crippen LogP contribution in [0, 0.1) is 12.8 Å². The molecule has 4 nitrogen and oxygen atoms in total. The van der Waals surface area contributed by atoms with Crippen LogP contribution in [0.25, 0.3) is 0 Å². The molecule has 2 aliphatic heterocycles. The lowest BCUT2D eigenvalue weighted by Crippen LogP contribution is -2.42. The van der Waals surface area contributed by atoms with Gasteiger partial charge in [0, 0.05) is 37.8 Å². The largest absolute Gasteiger partial charge is 0.494 e. The van der Waals surface area contributed by atoms with Gasteiger partial charge in [-0.2, -0.15) is 0 Å². The van der Waals surface area contributed by atoms with Crippen LogP contribution in [0.3, 0.4) is 0 Å². The maximum atomic E-state index is 13.2. The standard InChI is InChI=1S/C33H48N2O2/c1-5-8-28-11-9-25(3)32(23-28)33(36)34-20-17-30(18-21-34)29-13-15-31(16-14-29)37-22-7-19-35-24-27(6-2)12-10-26(35)4/h9,11,13-16,23,26-27,30H,5-8,10,12,17-22,24H2,1-4H3. The fourth-order valence-electron chi connectivity index (χ4n) is 6.13. The SMILES string of the molecule is CCCc1ccc(C)c(C(=O)N2CCC(c3ccc(OCCCN4CC(CC)CCC4C)cc3)CC2)c1. The van der Waals surface area contributed by atoms with Crippen molar-refractivity contribution in [2.45, 2.75) is 91.0 Å². The van der Waals surface area contributed by atoms with Gasteiger partial charge in [0.2, 0.25) is 0 Å². The van der Waals surface area contributed by atoms with Crippen LogP contribution in [0.4, 0.5) is 0 Å². The summed E-state index contributed by atoms with van der Waals surface area (Å²) in [4.78, 5) is 18.0. The van der Waals surface area contributed by atoms with Gasteiger partial charge in [0.15, 0.2) is 0 Å². The third-order valence-electron chi connectivity index (χ3n) is 8.75. The minimum Gasteiger partial charge on any atom is -0.494 e. The van der Waals surface area contributed by atoms with E-state index < -0.39 is 0 Å². The molecule has 2 aliphatic rings. The molecule has 0 aromatic heterocycles. The Balaban J connectivity index is 1.22. The highest BCUT2D eigenvalue weighted by Crippen LogP contribution is 2.30. The van der Waals surface area contributed by atoms with Crippen LogP contribution in [0.2, 0.25) is 0 Å². The van der Waals surface area contributed by atoms with E-state index in [1.165, 1.54) is 36.9 Å². The van der Waals surface area contributed by atoms with E-state index in [1.807, 2.05) is 0 Å². The normalized spacial score (nSPS) is 21.2. The molecule has 0 aliphatic carbocycles. The number of ether oxygens (including phenoxy) is 1. The van der Waals surface area contributed by atoms with Gasteiger partial charge in [-0.3, -0.25) is 4.79 Å². The van der Waals surface area contributed by atoms with Crippen molar-refractivity contribution in [3.8, 4) is 5.75 Å². The molecule has 0 bridgehead atoms. The highest BCUT2D eigenvalue weighted by Gasteiger charge is 2.26. The van der Waals surface area contributed by atoms with Gasteiger partial charge in [0.25, 0.3) is 5.91 Å². The summed E-state index contributed by atoms with van der Waals surface area (Å²) in [6, 6.07) is 15.8. The lowest BCUT2D eigenvalue weighted by molar-refractivity contribution is 0.0712. The Morgan fingerprint density at radius 2 is 1.76 bits per heavy atom. The number of amides is 1. The zero-order valence-corrected chi connectivity index (χ0v) is 23.7. The summed E-state index contributed by atoms with van der Waals surface area (Å²) in [5.41, 5.74) is 4.59. The van der Waals surface area contributed by atoms with Crippen molar-refractivity contribution < 1.29 is 9.53 Å². The van der Waals surface area contributed by atoms with Gasteiger partial charge in [-0.25, -0.2) is 0 Å². The lowest BCUT2D eigenvalue weighted by atomic mass is 9.89. The quantitative estimate of drug-likeness (QED) is 0.320. The van der Waals surface area contributed by atoms with E-state index in [2.05, 4.69) is 80.0 Å². The number of rotatable bonds is 10. The maximum absolute atomic E-state index is 13.2. The predicted molar refractivity (Wildman–Crippen MR) is 154 cm³/mol. The molecule has 0 spiro atoms. The van der Waals surface area contributed by atoms with E-state index in [-0.39, 0.29) is 5.91 Å². The second-order valence-electron chi connectivity index (χ2n) is 11.4. The Kier molecular flexibility index (Phi) is 10.1. The van der Waals surface area contributed by atoms with E-state index >= 15 is 0 Å². The number of aryl methyl sites for hydroxylation is 2. The van der Waals surface area contributed by atoms with Crippen molar-refractivity contribution in [1.29, 1.82) is 0 Å². The van der Waals surface area contributed by atoms with Crippen LogP contribution in [-0.2, 0) is 6.42 Å². The number of carbonyl (C=O) groups excluding carboxylic acids is 1. The fraction of sp³-hybridized carbons (Fsp3) is 0.606. The number of hydrogen-bond donors (Lipinski definition) is 0. The number of nitrogens with zero attached hydrogens (tertiary/aromatic N) is 2. The minimum absolute atomic E-state index is 0.196. The van der Waals surface area contributed by atoms with Crippen molar-refractivity contribution in [2.24, 2.45) is 5.92 Å². The molecule has 2 atom stereocenters. The first kappa shape index (κ1) is 27.7. The summed E-state index contributed by atoms with van der Waals surface area (Å²) in [7, 11) is 0. The highest BCUT2D eigenvalue weighted by atomic mass is 16.5. The van der Waals surface area contributed by atoms with E-state index in [4.69, 9.17) is 4.74 Å². The van der Waals surface area contributed by atoms with Crippen molar-refractivity contribution in [1.82, 2.24) is 9.80 Å². The van der Waals surface area contributed by atoms with Gasteiger partial charge >= 0.3 is 0 Å². The van der Waals surface area contributed by atoms with Gasteiger partial charge < -0.3 is 14.5 Å². The topological polar surface area (TPSA) is 32.8 Å². The molecule has 4 heteroatoms. The lowest BCUT2D eigenvalue weighted by Gasteiger charge is -2.37. The average molecular weight is 505 g/mol. The van der Waals surface area contributed by atoms with Crippen LogP contribution in [-0.4, -0.2) is 54.5 Å². The average Bonchev–Trinajstić information content (AvgIpc) is 2.93. The molecule has 1 amide bonds. The summed E-state index contributed by atoms with van der Waals surface area (Å²) in [6.07, 6.45) is 9.27. The first-order chi connectivity index (χ1) is 18.0. The summed E-state index contributed by atoms with van der Waals surface area (Å²) in [5.74, 6) is 2.55. The Hall–Kier alpha value is -2.33. The molecule has 202 valence electrons. The maximum Gasteiger partial charge on any atom is 0.254 e. The van der Waals surface area contributed by atoms with Gasteiger partial charge in [-0.05, 0) is 99.1 Å². The van der Waals surface area contributed by atoms with Gasteiger partial charge in [0.1, 0.15) is 5.75 Å². The predicted octanol–water partition coefficient (Wildman–Crippen LogP) is 7.25. The third kappa shape index (κ3) is 7.37. The van der Waals surface area contributed by atoms with Crippen LogP contribution in [0.15, 0.2) is 42.5 Å². The summed E-state index contributed by atoms with van der Waals surface area (Å²) >= 11 is 0. The first-order valence-corrected chi connectivity index (χ1v) is 14.8. The number of hydrogen-bond acceptors (Lipinski definition) is 3. The molecule has 0 N–H and O–H groups in total. The van der Waals surface area contributed by atoms with Gasteiger partial charge in [0.05, 0.1) is 6.61 Å². The monoisotopic (exact) mass is 504 g/mol. The van der Waals surface area contributed by atoms with Gasteiger partial charge in [-0.15, -0.1) is 0 Å². The minimum atomic E-state index is 0.196. The van der Waals surface area contributed by atoms with Crippen molar-refractivity contribution in [2.75, 3.05) is 32.8 Å². The molecule has 2 aromatic carbocycles.